The Balaban J connectivity index is 1.17. The van der Waals surface area contributed by atoms with Crippen LogP contribution in [0.1, 0.15) is 23.3 Å². The Bertz CT molecular complexity index is 660. The standard InChI is InChI=1S/C20H30N4O3/c25-19(17-2-1-5-21-17)22-12-15-16-13-24(7-6-23-8-10-26-11-9-23)14-20(16)4-3-18(15)27-20/h1-2,5,15-16,18,21H,3-4,6-14H2,(H,22,25)/t15-,16+,18+,20+/m0/s1. The van der Waals surface area contributed by atoms with E-state index in [1.165, 1.54) is 6.42 Å². The van der Waals surface area contributed by atoms with E-state index in [1.54, 1.807) is 6.20 Å². The van der Waals surface area contributed by atoms with E-state index in [4.69, 9.17) is 9.47 Å². The number of amides is 1. The number of hydrogen-bond donors (Lipinski definition) is 2. The largest absolute Gasteiger partial charge is 0.379 e. The van der Waals surface area contributed by atoms with Gasteiger partial charge in [0.05, 0.1) is 24.9 Å². The molecule has 0 unspecified atom stereocenters. The van der Waals surface area contributed by atoms with Gasteiger partial charge in [-0.1, -0.05) is 0 Å². The zero-order valence-corrected chi connectivity index (χ0v) is 15.9. The number of carbonyl (C=O) groups is 1. The molecule has 0 aromatic carbocycles. The molecule has 4 aliphatic rings. The van der Waals surface area contributed by atoms with Crippen LogP contribution in [0.5, 0.6) is 0 Å². The quantitative estimate of drug-likeness (QED) is 0.761. The smallest absolute Gasteiger partial charge is 0.267 e. The van der Waals surface area contributed by atoms with Crippen molar-refractivity contribution in [1.29, 1.82) is 0 Å². The van der Waals surface area contributed by atoms with Crippen LogP contribution >= 0.6 is 0 Å². The SMILES string of the molecule is O=C(NC[C@H]1[C@H]2CN(CCN3CCOCC3)C[C@]23CC[C@H]1O3)c1ccc[nH]1. The van der Waals surface area contributed by atoms with Gasteiger partial charge in [-0.15, -0.1) is 0 Å². The van der Waals surface area contributed by atoms with E-state index in [2.05, 4.69) is 20.1 Å². The van der Waals surface area contributed by atoms with Crippen molar-refractivity contribution in [2.45, 2.75) is 24.5 Å². The van der Waals surface area contributed by atoms with Gasteiger partial charge in [0.25, 0.3) is 5.91 Å². The van der Waals surface area contributed by atoms with Gasteiger partial charge >= 0.3 is 0 Å². The number of carbonyl (C=O) groups excluding carboxylic acids is 1. The molecule has 0 saturated carbocycles. The first-order valence-electron chi connectivity index (χ1n) is 10.4. The Hall–Kier alpha value is -1.41. The molecule has 1 amide bonds. The molecule has 1 aromatic rings. The maximum absolute atomic E-state index is 12.3. The van der Waals surface area contributed by atoms with Gasteiger partial charge in [0.15, 0.2) is 0 Å². The van der Waals surface area contributed by atoms with Crippen LogP contribution < -0.4 is 5.32 Å². The van der Waals surface area contributed by atoms with Crippen LogP contribution in [0.15, 0.2) is 18.3 Å². The summed E-state index contributed by atoms with van der Waals surface area (Å²) < 4.78 is 12.0. The van der Waals surface area contributed by atoms with Crippen molar-refractivity contribution in [1.82, 2.24) is 20.1 Å². The summed E-state index contributed by atoms with van der Waals surface area (Å²) in [5.74, 6) is 0.968. The Morgan fingerprint density at radius 2 is 2.15 bits per heavy atom. The molecule has 7 heteroatoms. The fraction of sp³-hybridized carbons (Fsp3) is 0.750. The minimum atomic E-state index is -0.0148. The maximum Gasteiger partial charge on any atom is 0.267 e. The van der Waals surface area contributed by atoms with Gasteiger partial charge in [-0.3, -0.25) is 14.6 Å². The summed E-state index contributed by atoms with van der Waals surface area (Å²) in [6.45, 7) is 8.91. The average Bonchev–Trinajstić information content (AvgIpc) is 3.46. The van der Waals surface area contributed by atoms with Gasteiger partial charge in [0.1, 0.15) is 5.69 Å². The zero-order chi connectivity index (χ0) is 18.3. The molecule has 148 valence electrons. The van der Waals surface area contributed by atoms with E-state index in [1.807, 2.05) is 12.1 Å². The highest BCUT2D eigenvalue weighted by molar-refractivity contribution is 5.92. The van der Waals surface area contributed by atoms with Gasteiger partial charge in [0.2, 0.25) is 0 Å². The molecule has 4 aliphatic heterocycles. The highest BCUT2D eigenvalue weighted by Gasteiger charge is 2.62. The molecule has 4 saturated heterocycles. The molecule has 0 radical (unpaired) electrons. The Kier molecular flexibility index (Phi) is 4.71. The number of likely N-dealkylation sites (tertiary alicyclic amines) is 1. The monoisotopic (exact) mass is 374 g/mol. The number of hydrogen-bond acceptors (Lipinski definition) is 5. The Morgan fingerprint density at radius 3 is 2.96 bits per heavy atom. The van der Waals surface area contributed by atoms with Crippen molar-refractivity contribution in [2.24, 2.45) is 11.8 Å². The molecule has 2 N–H and O–H groups in total. The topological polar surface area (TPSA) is 69.8 Å². The summed E-state index contributed by atoms with van der Waals surface area (Å²) in [5, 5.41) is 3.13. The summed E-state index contributed by atoms with van der Waals surface area (Å²) in [6, 6.07) is 3.67. The third-order valence-corrected chi connectivity index (χ3v) is 7.03. The lowest BCUT2D eigenvalue weighted by atomic mass is 9.73. The summed E-state index contributed by atoms with van der Waals surface area (Å²) in [4.78, 5) is 20.4. The Morgan fingerprint density at radius 1 is 1.30 bits per heavy atom. The fourth-order valence-corrected chi connectivity index (χ4v) is 5.61. The normalized spacial score (nSPS) is 36.2. The van der Waals surface area contributed by atoms with E-state index in [-0.39, 0.29) is 11.5 Å². The van der Waals surface area contributed by atoms with Crippen molar-refractivity contribution < 1.29 is 14.3 Å². The zero-order valence-electron chi connectivity index (χ0n) is 15.9. The second-order valence-corrected chi connectivity index (χ2v) is 8.51. The maximum atomic E-state index is 12.3. The first kappa shape index (κ1) is 17.7. The van der Waals surface area contributed by atoms with E-state index < -0.39 is 0 Å². The van der Waals surface area contributed by atoms with Gasteiger partial charge in [-0.2, -0.15) is 0 Å². The highest BCUT2D eigenvalue weighted by atomic mass is 16.5. The van der Waals surface area contributed by atoms with Crippen LogP contribution in [0.3, 0.4) is 0 Å². The van der Waals surface area contributed by atoms with Gasteiger partial charge in [0, 0.05) is 63.8 Å². The second-order valence-electron chi connectivity index (χ2n) is 8.51. The van der Waals surface area contributed by atoms with Gasteiger partial charge in [-0.25, -0.2) is 0 Å². The molecule has 4 fully saturated rings. The average molecular weight is 374 g/mol. The van der Waals surface area contributed by atoms with Crippen molar-refractivity contribution in [3.63, 3.8) is 0 Å². The van der Waals surface area contributed by atoms with Crippen LogP contribution in [0.25, 0.3) is 0 Å². The van der Waals surface area contributed by atoms with Crippen molar-refractivity contribution in [3.05, 3.63) is 24.0 Å². The lowest BCUT2D eigenvalue weighted by Gasteiger charge is -2.29. The number of aromatic amines is 1. The number of rotatable bonds is 6. The predicted molar refractivity (Wildman–Crippen MR) is 101 cm³/mol. The van der Waals surface area contributed by atoms with Crippen LogP contribution in [0, 0.1) is 11.8 Å². The Labute approximate surface area is 160 Å². The molecule has 2 bridgehead atoms. The van der Waals surface area contributed by atoms with Crippen molar-refractivity contribution >= 4 is 5.91 Å². The molecule has 1 aromatic heterocycles. The van der Waals surface area contributed by atoms with Crippen LogP contribution in [0.2, 0.25) is 0 Å². The van der Waals surface area contributed by atoms with Gasteiger partial charge < -0.3 is 19.8 Å². The molecule has 5 rings (SSSR count). The number of aromatic nitrogens is 1. The van der Waals surface area contributed by atoms with E-state index in [9.17, 15) is 4.79 Å². The minimum absolute atomic E-state index is 0.0148. The van der Waals surface area contributed by atoms with Crippen LogP contribution in [-0.4, -0.2) is 91.4 Å². The van der Waals surface area contributed by atoms with E-state index in [0.717, 1.165) is 58.9 Å². The van der Waals surface area contributed by atoms with Crippen molar-refractivity contribution in [2.75, 3.05) is 59.0 Å². The summed E-state index contributed by atoms with van der Waals surface area (Å²) in [7, 11) is 0. The lowest BCUT2D eigenvalue weighted by molar-refractivity contribution is -0.0000890. The molecule has 7 nitrogen and oxygen atoms in total. The molecule has 1 spiro atoms. The number of H-pyrrole nitrogens is 1. The van der Waals surface area contributed by atoms with E-state index in [0.29, 0.717) is 30.2 Å². The third-order valence-electron chi connectivity index (χ3n) is 7.03. The number of fused-ring (bicyclic) bond motifs is 1. The summed E-state index contributed by atoms with van der Waals surface area (Å²) in [5.41, 5.74) is 0.671. The summed E-state index contributed by atoms with van der Waals surface area (Å²) in [6.07, 6.45) is 4.42. The molecule has 4 atom stereocenters. The molecule has 5 heterocycles. The predicted octanol–water partition coefficient (Wildman–Crippen LogP) is 0.556. The number of nitrogens with one attached hydrogen (secondary N) is 2. The van der Waals surface area contributed by atoms with Crippen molar-refractivity contribution in [3.8, 4) is 0 Å². The molecule has 0 aliphatic carbocycles. The first-order chi connectivity index (χ1) is 13.2. The summed E-state index contributed by atoms with van der Waals surface area (Å²) >= 11 is 0. The first-order valence-corrected chi connectivity index (χ1v) is 10.4. The minimum Gasteiger partial charge on any atom is -0.379 e. The third kappa shape index (κ3) is 3.31. The molecular formula is C20H30N4O3. The number of morpholine rings is 1. The number of nitrogens with zero attached hydrogens (tertiary/aromatic N) is 2. The van der Waals surface area contributed by atoms with Crippen LogP contribution in [-0.2, 0) is 9.47 Å². The second kappa shape index (κ2) is 7.20. The van der Waals surface area contributed by atoms with Crippen LogP contribution in [0.4, 0.5) is 0 Å². The van der Waals surface area contributed by atoms with Gasteiger partial charge in [-0.05, 0) is 25.0 Å². The highest BCUT2D eigenvalue weighted by Crippen LogP contribution is 2.54. The fourth-order valence-electron chi connectivity index (χ4n) is 5.61. The van der Waals surface area contributed by atoms with E-state index >= 15 is 0 Å². The molecular weight excluding hydrogens is 344 g/mol. The lowest BCUT2D eigenvalue weighted by Crippen LogP contribution is -2.42. The molecule has 27 heavy (non-hydrogen) atoms. The number of ether oxygens (including phenoxy) is 2.